The summed E-state index contributed by atoms with van der Waals surface area (Å²) in [6, 6.07) is 18.1. The fourth-order valence-corrected chi connectivity index (χ4v) is 5.47. The first-order chi connectivity index (χ1) is 17.9. The largest absolute Gasteiger partial charge is 0.352 e. The van der Waals surface area contributed by atoms with E-state index in [4.69, 9.17) is 0 Å². The van der Waals surface area contributed by atoms with E-state index in [9.17, 15) is 22.4 Å². The number of amides is 2. The van der Waals surface area contributed by atoms with Crippen molar-refractivity contribution < 1.29 is 22.4 Å². The van der Waals surface area contributed by atoms with E-state index in [0.717, 1.165) is 9.87 Å². The number of benzene rings is 3. The SMILES string of the molecule is Cc1ccc(S(=O)(=O)N(CC(=O)N(Cc2ccccc2F)[C@H](C)C(=O)NC(C)C)c2ccccc2C)cc1. The Morgan fingerprint density at radius 2 is 1.50 bits per heavy atom. The number of rotatable bonds is 10. The highest BCUT2D eigenvalue weighted by Gasteiger charge is 2.33. The lowest BCUT2D eigenvalue weighted by molar-refractivity contribution is -0.139. The summed E-state index contributed by atoms with van der Waals surface area (Å²) in [6.07, 6.45) is 0. The first-order valence-corrected chi connectivity index (χ1v) is 13.8. The summed E-state index contributed by atoms with van der Waals surface area (Å²) >= 11 is 0. The number of para-hydroxylation sites is 1. The van der Waals surface area contributed by atoms with Gasteiger partial charge in [-0.1, -0.05) is 54.1 Å². The van der Waals surface area contributed by atoms with Gasteiger partial charge in [-0.3, -0.25) is 13.9 Å². The normalized spacial score (nSPS) is 12.2. The standard InChI is InChI=1S/C29H34FN3O4S/c1-20(2)31-29(35)23(5)32(18-24-11-7-8-12-26(24)30)28(34)19-33(27-13-9-6-10-22(27)4)38(36,37)25-16-14-21(3)15-17-25/h6-17,20,23H,18-19H2,1-5H3,(H,31,35)/t23-/m1/s1. The van der Waals surface area contributed by atoms with Crippen LogP contribution >= 0.6 is 0 Å². The van der Waals surface area contributed by atoms with Crippen LogP contribution in [0.25, 0.3) is 0 Å². The van der Waals surface area contributed by atoms with Crippen LogP contribution in [0.15, 0.2) is 77.7 Å². The average Bonchev–Trinajstić information content (AvgIpc) is 2.86. The minimum Gasteiger partial charge on any atom is -0.352 e. The lowest BCUT2D eigenvalue weighted by Gasteiger charge is -2.32. The second-order valence-corrected chi connectivity index (χ2v) is 11.4. The lowest BCUT2D eigenvalue weighted by Crippen LogP contribution is -2.52. The topological polar surface area (TPSA) is 86.8 Å². The smallest absolute Gasteiger partial charge is 0.264 e. The van der Waals surface area contributed by atoms with Crippen molar-refractivity contribution in [3.05, 3.63) is 95.3 Å². The van der Waals surface area contributed by atoms with Gasteiger partial charge in [-0.2, -0.15) is 0 Å². The van der Waals surface area contributed by atoms with E-state index in [1.165, 1.54) is 35.2 Å². The summed E-state index contributed by atoms with van der Waals surface area (Å²) < 4.78 is 43.3. The molecule has 3 rings (SSSR count). The quantitative estimate of drug-likeness (QED) is 0.409. The molecule has 3 aromatic rings. The fourth-order valence-electron chi connectivity index (χ4n) is 3.99. The van der Waals surface area contributed by atoms with E-state index in [-0.39, 0.29) is 23.0 Å². The molecular formula is C29H34FN3O4S. The van der Waals surface area contributed by atoms with E-state index in [2.05, 4.69) is 5.32 Å². The zero-order chi connectivity index (χ0) is 28.0. The van der Waals surface area contributed by atoms with Crippen molar-refractivity contribution in [2.45, 2.75) is 58.1 Å². The molecule has 0 spiro atoms. The highest BCUT2D eigenvalue weighted by Crippen LogP contribution is 2.27. The third-order valence-electron chi connectivity index (χ3n) is 6.17. The van der Waals surface area contributed by atoms with E-state index in [0.29, 0.717) is 11.3 Å². The Labute approximate surface area is 224 Å². The van der Waals surface area contributed by atoms with Crippen molar-refractivity contribution in [1.29, 1.82) is 0 Å². The number of hydrogen-bond donors (Lipinski definition) is 1. The average molecular weight is 540 g/mol. The van der Waals surface area contributed by atoms with Crippen LogP contribution in [0, 0.1) is 19.7 Å². The Kier molecular flexibility index (Phi) is 9.27. The summed E-state index contributed by atoms with van der Waals surface area (Å²) in [7, 11) is -4.16. The minimum absolute atomic E-state index is 0.0328. The number of carbonyl (C=O) groups is 2. The van der Waals surface area contributed by atoms with Crippen molar-refractivity contribution in [1.82, 2.24) is 10.2 Å². The Morgan fingerprint density at radius 1 is 0.895 bits per heavy atom. The molecule has 0 aliphatic heterocycles. The Bertz CT molecular complexity index is 1390. The molecule has 0 saturated carbocycles. The van der Waals surface area contributed by atoms with Crippen molar-refractivity contribution in [2.75, 3.05) is 10.8 Å². The van der Waals surface area contributed by atoms with Gasteiger partial charge in [0.05, 0.1) is 10.6 Å². The van der Waals surface area contributed by atoms with Gasteiger partial charge in [0.25, 0.3) is 10.0 Å². The summed E-state index contributed by atoms with van der Waals surface area (Å²) in [5.74, 6) is -1.59. The number of carbonyl (C=O) groups excluding carboxylic acids is 2. The molecule has 0 saturated heterocycles. The molecule has 0 radical (unpaired) electrons. The molecule has 0 fully saturated rings. The molecule has 0 aliphatic carbocycles. The molecule has 9 heteroatoms. The number of hydrogen-bond acceptors (Lipinski definition) is 4. The van der Waals surface area contributed by atoms with Gasteiger partial charge in [-0.25, -0.2) is 12.8 Å². The highest BCUT2D eigenvalue weighted by atomic mass is 32.2. The molecule has 38 heavy (non-hydrogen) atoms. The van der Waals surface area contributed by atoms with Crippen LogP contribution in [0.5, 0.6) is 0 Å². The minimum atomic E-state index is -4.16. The zero-order valence-electron chi connectivity index (χ0n) is 22.3. The molecule has 1 atom stereocenters. The van der Waals surface area contributed by atoms with Crippen molar-refractivity contribution >= 4 is 27.5 Å². The number of anilines is 1. The van der Waals surface area contributed by atoms with Crippen LogP contribution in [-0.4, -0.2) is 43.8 Å². The summed E-state index contributed by atoms with van der Waals surface area (Å²) in [5.41, 5.74) is 2.10. The van der Waals surface area contributed by atoms with Crippen LogP contribution in [0.4, 0.5) is 10.1 Å². The predicted molar refractivity (Wildman–Crippen MR) is 147 cm³/mol. The number of nitrogens with one attached hydrogen (secondary N) is 1. The number of sulfonamides is 1. The van der Waals surface area contributed by atoms with Crippen molar-refractivity contribution in [3.63, 3.8) is 0 Å². The predicted octanol–water partition coefficient (Wildman–Crippen LogP) is 4.58. The van der Waals surface area contributed by atoms with E-state index in [1.54, 1.807) is 70.2 Å². The molecule has 0 heterocycles. The molecule has 0 aliphatic rings. The Morgan fingerprint density at radius 3 is 2.11 bits per heavy atom. The molecule has 1 N–H and O–H groups in total. The second-order valence-electron chi connectivity index (χ2n) is 9.56. The van der Waals surface area contributed by atoms with Gasteiger partial charge in [0.1, 0.15) is 18.4 Å². The van der Waals surface area contributed by atoms with Crippen LogP contribution in [-0.2, 0) is 26.2 Å². The Balaban J connectivity index is 2.06. The molecular weight excluding hydrogens is 505 g/mol. The first-order valence-electron chi connectivity index (χ1n) is 12.4. The lowest BCUT2D eigenvalue weighted by atomic mass is 10.1. The van der Waals surface area contributed by atoms with Gasteiger partial charge in [-0.15, -0.1) is 0 Å². The third kappa shape index (κ3) is 6.77. The molecule has 202 valence electrons. The van der Waals surface area contributed by atoms with Gasteiger partial charge in [0, 0.05) is 18.2 Å². The molecule has 3 aromatic carbocycles. The highest BCUT2D eigenvalue weighted by molar-refractivity contribution is 7.92. The monoisotopic (exact) mass is 539 g/mol. The summed E-state index contributed by atoms with van der Waals surface area (Å²) in [5, 5.41) is 2.78. The van der Waals surface area contributed by atoms with Gasteiger partial charge in [0.2, 0.25) is 11.8 Å². The second kappa shape index (κ2) is 12.2. The third-order valence-corrected chi connectivity index (χ3v) is 7.94. The maximum absolute atomic E-state index is 14.6. The number of aryl methyl sites for hydroxylation is 2. The Hall–Kier alpha value is -3.72. The van der Waals surface area contributed by atoms with Crippen LogP contribution < -0.4 is 9.62 Å². The van der Waals surface area contributed by atoms with Crippen LogP contribution in [0.3, 0.4) is 0 Å². The maximum Gasteiger partial charge on any atom is 0.264 e. The van der Waals surface area contributed by atoms with Gasteiger partial charge in [0.15, 0.2) is 0 Å². The van der Waals surface area contributed by atoms with Crippen molar-refractivity contribution in [3.8, 4) is 0 Å². The zero-order valence-corrected chi connectivity index (χ0v) is 23.1. The van der Waals surface area contributed by atoms with Crippen LogP contribution in [0.1, 0.15) is 37.5 Å². The summed E-state index contributed by atoms with van der Waals surface area (Å²) in [4.78, 5) is 28.0. The first kappa shape index (κ1) is 28.8. The maximum atomic E-state index is 14.6. The van der Waals surface area contributed by atoms with Crippen molar-refractivity contribution in [2.24, 2.45) is 0 Å². The van der Waals surface area contributed by atoms with Gasteiger partial charge < -0.3 is 10.2 Å². The van der Waals surface area contributed by atoms with Gasteiger partial charge >= 0.3 is 0 Å². The fraction of sp³-hybridized carbons (Fsp3) is 0.310. The summed E-state index contributed by atoms with van der Waals surface area (Å²) in [6.45, 7) is 7.96. The van der Waals surface area contributed by atoms with E-state index < -0.39 is 40.2 Å². The van der Waals surface area contributed by atoms with Crippen LogP contribution in [0.2, 0.25) is 0 Å². The molecule has 7 nitrogen and oxygen atoms in total. The molecule has 0 bridgehead atoms. The number of nitrogens with zero attached hydrogens (tertiary/aromatic N) is 2. The number of halogens is 1. The molecule has 0 aromatic heterocycles. The van der Waals surface area contributed by atoms with Gasteiger partial charge in [-0.05, 0) is 64.4 Å². The van der Waals surface area contributed by atoms with E-state index >= 15 is 0 Å². The molecule has 0 unspecified atom stereocenters. The van der Waals surface area contributed by atoms with E-state index in [1.807, 2.05) is 6.92 Å². The molecule has 2 amide bonds.